The minimum Gasteiger partial charge on any atom is -0.633 e. The molecule has 1 N–H and O–H groups in total. The van der Waals surface area contributed by atoms with Gasteiger partial charge in [-0.1, -0.05) is 149 Å². The third-order valence-electron chi connectivity index (χ3n) is 11.4. The van der Waals surface area contributed by atoms with E-state index in [9.17, 15) is 28.0 Å². The molecule has 1 unspecified atom stereocenters. The van der Waals surface area contributed by atoms with Crippen molar-refractivity contribution < 1.29 is 36.9 Å². The molecule has 59 heavy (non-hydrogen) atoms. The van der Waals surface area contributed by atoms with Gasteiger partial charge < -0.3 is 24.6 Å². The quantitative estimate of drug-likeness (QED) is 0.0276. The van der Waals surface area contributed by atoms with Gasteiger partial charge in [0.05, 0.1) is 26.2 Å². The van der Waals surface area contributed by atoms with Crippen LogP contribution in [0.5, 0.6) is 0 Å². The number of hydroxylamine groups is 3. The van der Waals surface area contributed by atoms with Gasteiger partial charge in [-0.15, -0.1) is 0 Å². The molecular formula is C48H94N2O8S. The zero-order valence-electron chi connectivity index (χ0n) is 39.0. The highest BCUT2D eigenvalue weighted by atomic mass is 32.2. The van der Waals surface area contributed by atoms with E-state index >= 15 is 0 Å². The van der Waals surface area contributed by atoms with Crippen molar-refractivity contribution in [2.75, 3.05) is 44.8 Å². The van der Waals surface area contributed by atoms with Crippen LogP contribution in [0, 0.1) is 5.21 Å². The Balaban J connectivity index is 4.59. The van der Waals surface area contributed by atoms with Crippen molar-refractivity contribution in [2.45, 2.75) is 245 Å². The Kier molecular flexibility index (Phi) is 39.2. The number of carbonyl (C=O) groups is 3. The summed E-state index contributed by atoms with van der Waals surface area (Å²) < 4.78 is 34.0. The third-order valence-corrected chi connectivity index (χ3v) is 12.2. The lowest BCUT2D eigenvalue weighted by Crippen LogP contribution is -2.45. The van der Waals surface area contributed by atoms with Gasteiger partial charge in [-0.05, 0) is 70.6 Å². The lowest BCUT2D eigenvalue weighted by atomic mass is 10.0. The Labute approximate surface area is 363 Å². The molecule has 350 valence electrons. The summed E-state index contributed by atoms with van der Waals surface area (Å²) in [7, 11) is -3.40. The van der Waals surface area contributed by atoms with Crippen molar-refractivity contribution in [3.63, 3.8) is 0 Å². The molecule has 0 saturated heterocycles. The van der Waals surface area contributed by atoms with Crippen LogP contribution in [-0.2, 0) is 33.7 Å². The van der Waals surface area contributed by atoms with Gasteiger partial charge in [-0.25, -0.2) is 8.42 Å². The fourth-order valence-corrected chi connectivity index (χ4v) is 8.33. The molecule has 0 aromatic heterocycles. The summed E-state index contributed by atoms with van der Waals surface area (Å²) >= 11 is 0. The fourth-order valence-electron chi connectivity index (χ4n) is 7.75. The number of esters is 2. The van der Waals surface area contributed by atoms with Crippen molar-refractivity contribution in [2.24, 2.45) is 0 Å². The Bertz CT molecular complexity index is 1090. The molecule has 0 radical (unpaired) electrons. The van der Waals surface area contributed by atoms with Crippen molar-refractivity contribution in [1.82, 2.24) is 5.32 Å². The summed E-state index contributed by atoms with van der Waals surface area (Å²) in [5.41, 5.74) is 0. The number of carbonyl (C=O) groups excluding carboxylic acids is 3. The summed E-state index contributed by atoms with van der Waals surface area (Å²) in [5.74, 6) is -1.25. The number of amides is 1. The number of ether oxygens (including phenoxy) is 2. The lowest BCUT2D eigenvalue weighted by Gasteiger charge is -2.43. The predicted octanol–water partition coefficient (Wildman–Crippen LogP) is 12.2. The molecule has 0 aromatic carbocycles. The van der Waals surface area contributed by atoms with Crippen LogP contribution in [0.25, 0.3) is 0 Å². The maximum absolute atomic E-state index is 13.9. The summed E-state index contributed by atoms with van der Waals surface area (Å²) in [6.45, 7) is 8.87. The minimum absolute atomic E-state index is 0.0453. The third kappa shape index (κ3) is 41.4. The second kappa shape index (κ2) is 40.4. The SMILES string of the molecule is CCCCCCCCCOC(=O)CCCCCCC[N+]([O-])(CCCCCCCC(=O)OC(CCCCCCCC)CCCCCCCC)CCCNC(=O)CS(C)(=O)=O. The highest BCUT2D eigenvalue weighted by Crippen LogP contribution is 2.19. The second-order valence-corrected chi connectivity index (χ2v) is 19.7. The maximum atomic E-state index is 13.9. The lowest BCUT2D eigenvalue weighted by molar-refractivity contribution is -0.881. The van der Waals surface area contributed by atoms with Crippen LogP contribution in [0.1, 0.15) is 239 Å². The zero-order valence-corrected chi connectivity index (χ0v) is 39.8. The van der Waals surface area contributed by atoms with Gasteiger partial charge in [0.25, 0.3) is 0 Å². The van der Waals surface area contributed by atoms with E-state index in [-0.39, 0.29) is 29.2 Å². The molecule has 0 aliphatic heterocycles. The average molecular weight is 859 g/mol. The number of quaternary nitrogens is 1. The fraction of sp³-hybridized carbons (Fsp3) is 0.938. The summed E-state index contributed by atoms with van der Waals surface area (Å²) in [4.78, 5) is 36.9. The van der Waals surface area contributed by atoms with Crippen molar-refractivity contribution in [3.05, 3.63) is 5.21 Å². The van der Waals surface area contributed by atoms with E-state index in [1.54, 1.807) is 0 Å². The van der Waals surface area contributed by atoms with Gasteiger partial charge in [0.1, 0.15) is 11.9 Å². The predicted molar refractivity (Wildman–Crippen MR) is 246 cm³/mol. The molecule has 0 fully saturated rings. The Hall–Kier alpha value is -1.72. The van der Waals surface area contributed by atoms with Crippen LogP contribution in [0.15, 0.2) is 0 Å². The Morgan fingerprint density at radius 1 is 0.525 bits per heavy atom. The van der Waals surface area contributed by atoms with Crippen molar-refractivity contribution >= 4 is 27.7 Å². The van der Waals surface area contributed by atoms with Crippen LogP contribution in [-0.4, -0.2) is 81.8 Å². The summed E-state index contributed by atoms with van der Waals surface area (Å²) in [6, 6.07) is 0. The number of unbranched alkanes of at least 4 members (excludes halogenated alkanes) is 24. The van der Waals surface area contributed by atoms with Gasteiger partial charge >= 0.3 is 11.9 Å². The standard InChI is InChI=1S/C48H94N2O8S/c1-5-8-11-14-17-26-33-43-57-47(52)37-29-22-18-24-31-40-50(54,42-34-39-49-46(51)44-59(4,55)56)41-32-25-19-23-30-38-48(53)58-45(35-27-20-15-12-9-6-2)36-28-21-16-13-10-7-3/h45H,5-44H2,1-4H3,(H,49,51). The second-order valence-electron chi connectivity index (χ2n) is 17.6. The van der Waals surface area contributed by atoms with Crippen LogP contribution in [0.2, 0.25) is 0 Å². The number of hydrogen-bond acceptors (Lipinski definition) is 8. The molecule has 0 aliphatic carbocycles. The molecule has 0 saturated carbocycles. The number of nitrogens with one attached hydrogen (secondary N) is 1. The zero-order chi connectivity index (χ0) is 43.7. The summed E-state index contributed by atoms with van der Waals surface area (Å²) in [6.07, 6.45) is 36.6. The first-order valence-electron chi connectivity index (χ1n) is 24.8. The first-order valence-corrected chi connectivity index (χ1v) is 26.9. The van der Waals surface area contributed by atoms with E-state index in [2.05, 4.69) is 26.1 Å². The minimum atomic E-state index is -3.40. The molecule has 1 atom stereocenters. The smallest absolute Gasteiger partial charge is 0.306 e. The van der Waals surface area contributed by atoms with Gasteiger partial charge in [0.15, 0.2) is 9.84 Å². The van der Waals surface area contributed by atoms with E-state index in [1.807, 2.05) is 0 Å². The molecule has 0 spiro atoms. The average Bonchev–Trinajstić information content (AvgIpc) is 3.18. The molecule has 11 heteroatoms. The summed E-state index contributed by atoms with van der Waals surface area (Å²) in [5, 5.41) is 16.6. The number of nitrogens with zero attached hydrogens (tertiary/aromatic N) is 1. The molecule has 1 amide bonds. The van der Waals surface area contributed by atoms with Gasteiger partial charge in [0.2, 0.25) is 5.91 Å². The van der Waals surface area contributed by atoms with Gasteiger partial charge in [-0.2, -0.15) is 0 Å². The molecule has 0 aromatic rings. The highest BCUT2D eigenvalue weighted by molar-refractivity contribution is 7.91. The van der Waals surface area contributed by atoms with E-state index < -0.39 is 21.5 Å². The van der Waals surface area contributed by atoms with Gasteiger partial charge in [-0.3, -0.25) is 14.4 Å². The molecule has 0 bridgehead atoms. The molecular weight excluding hydrogens is 765 g/mol. The van der Waals surface area contributed by atoms with Crippen LogP contribution in [0.4, 0.5) is 0 Å². The molecule has 0 heterocycles. The van der Waals surface area contributed by atoms with E-state index in [0.29, 0.717) is 45.5 Å². The largest absolute Gasteiger partial charge is 0.633 e. The van der Waals surface area contributed by atoms with Crippen LogP contribution < -0.4 is 5.32 Å². The topological polar surface area (TPSA) is 139 Å². The van der Waals surface area contributed by atoms with Crippen molar-refractivity contribution in [3.8, 4) is 0 Å². The first kappa shape index (κ1) is 57.3. The molecule has 0 aliphatic rings. The maximum Gasteiger partial charge on any atom is 0.306 e. The molecule has 10 nitrogen and oxygen atoms in total. The normalized spacial score (nSPS) is 12.8. The number of hydrogen-bond donors (Lipinski definition) is 1. The Morgan fingerprint density at radius 2 is 0.915 bits per heavy atom. The van der Waals surface area contributed by atoms with E-state index in [0.717, 1.165) is 109 Å². The highest BCUT2D eigenvalue weighted by Gasteiger charge is 2.18. The monoisotopic (exact) mass is 859 g/mol. The van der Waals surface area contributed by atoms with Crippen LogP contribution >= 0.6 is 0 Å². The number of sulfone groups is 1. The first-order chi connectivity index (χ1) is 28.4. The van der Waals surface area contributed by atoms with E-state index in [4.69, 9.17) is 9.47 Å². The van der Waals surface area contributed by atoms with Crippen molar-refractivity contribution in [1.29, 1.82) is 0 Å². The number of rotatable bonds is 45. The van der Waals surface area contributed by atoms with Gasteiger partial charge in [0, 0.05) is 32.1 Å². The Morgan fingerprint density at radius 3 is 1.39 bits per heavy atom. The molecule has 0 rings (SSSR count). The van der Waals surface area contributed by atoms with E-state index in [1.165, 1.54) is 96.3 Å². The van der Waals surface area contributed by atoms with Crippen LogP contribution in [0.3, 0.4) is 0 Å².